The molecule has 1 heterocycles. The van der Waals surface area contributed by atoms with Crippen molar-refractivity contribution in [3.8, 4) is 0 Å². The Morgan fingerprint density at radius 1 is 1.18 bits per heavy atom. The predicted octanol–water partition coefficient (Wildman–Crippen LogP) is 4.23. The molecule has 1 aliphatic carbocycles. The minimum absolute atomic E-state index is 0.275. The van der Waals surface area contributed by atoms with Crippen molar-refractivity contribution in [3.05, 3.63) is 70.8 Å². The predicted molar refractivity (Wildman–Crippen MR) is 111 cm³/mol. The highest BCUT2D eigenvalue weighted by Gasteiger charge is 2.24. The molecule has 0 saturated heterocycles. The van der Waals surface area contributed by atoms with Gasteiger partial charge in [-0.2, -0.15) is 0 Å². The summed E-state index contributed by atoms with van der Waals surface area (Å²) in [5, 5.41) is 0.682. The summed E-state index contributed by atoms with van der Waals surface area (Å²) in [5.74, 6) is -0.813. The van der Waals surface area contributed by atoms with Crippen LogP contribution in [0.25, 0.3) is 0 Å². The third-order valence-corrected chi connectivity index (χ3v) is 5.60. The van der Waals surface area contributed by atoms with Gasteiger partial charge in [0, 0.05) is 11.0 Å². The van der Waals surface area contributed by atoms with E-state index < -0.39 is 5.97 Å². The number of thiazole rings is 1. The monoisotopic (exact) mass is 396 g/mol. The maximum absolute atomic E-state index is 12.9. The fourth-order valence-electron chi connectivity index (χ4n) is 2.99. The maximum atomic E-state index is 12.9. The fraction of sp³-hybridized carbons (Fsp3) is 0.318. The van der Waals surface area contributed by atoms with Crippen molar-refractivity contribution in [1.82, 2.24) is 4.98 Å². The van der Waals surface area contributed by atoms with E-state index in [2.05, 4.69) is 0 Å². The molecule has 1 aromatic carbocycles. The van der Waals surface area contributed by atoms with E-state index in [0.29, 0.717) is 11.7 Å². The molecule has 0 spiro atoms. The van der Waals surface area contributed by atoms with E-state index in [9.17, 15) is 9.59 Å². The van der Waals surface area contributed by atoms with Crippen LogP contribution in [0.1, 0.15) is 35.9 Å². The molecular weight excluding hydrogens is 372 g/mol. The highest BCUT2D eigenvalue weighted by molar-refractivity contribution is 7.15. The van der Waals surface area contributed by atoms with E-state index in [1.807, 2.05) is 37.3 Å². The normalized spacial score (nSPS) is 13.6. The summed E-state index contributed by atoms with van der Waals surface area (Å²) in [6.45, 7) is 1.95. The minimum atomic E-state index is -0.537. The lowest BCUT2D eigenvalue weighted by atomic mass is 10.0. The number of aromatic nitrogens is 1. The molecule has 1 aliphatic rings. The van der Waals surface area contributed by atoms with Gasteiger partial charge in [-0.15, -0.1) is 11.3 Å². The highest BCUT2D eigenvalue weighted by atomic mass is 32.1. The molecule has 0 fully saturated rings. The molecule has 2 aromatic rings. The lowest BCUT2D eigenvalue weighted by Crippen LogP contribution is -2.34. The van der Waals surface area contributed by atoms with Crippen LogP contribution in [0.5, 0.6) is 0 Å². The van der Waals surface area contributed by atoms with Crippen LogP contribution in [-0.4, -0.2) is 23.5 Å². The number of amides is 1. The summed E-state index contributed by atoms with van der Waals surface area (Å²) in [4.78, 5) is 32.2. The van der Waals surface area contributed by atoms with Gasteiger partial charge in [0.25, 0.3) is 5.91 Å². The first-order valence-corrected chi connectivity index (χ1v) is 10.3. The van der Waals surface area contributed by atoms with Gasteiger partial charge in [-0.25, -0.2) is 9.78 Å². The van der Waals surface area contributed by atoms with Crippen LogP contribution in [0.2, 0.25) is 0 Å². The topological polar surface area (TPSA) is 59.5 Å². The Morgan fingerprint density at radius 2 is 1.96 bits per heavy atom. The second kappa shape index (κ2) is 9.99. The van der Waals surface area contributed by atoms with Crippen LogP contribution in [0, 0.1) is 0 Å². The zero-order valence-electron chi connectivity index (χ0n) is 16.0. The van der Waals surface area contributed by atoms with Crippen LogP contribution >= 0.6 is 11.3 Å². The molecule has 0 radical (unpaired) electrons. The first-order chi connectivity index (χ1) is 13.7. The lowest BCUT2D eigenvalue weighted by Gasteiger charge is -2.20. The minimum Gasteiger partial charge on any atom is -0.452 e. The molecule has 1 aromatic heterocycles. The molecule has 0 atom stereocenters. The number of carbonyl (C=O) groups is 2. The first kappa shape index (κ1) is 20.0. The quantitative estimate of drug-likeness (QED) is 0.399. The standard InChI is InChI=1S/C22H24N2O3S/c1-2-3-5-14-21(26)27-16-20(25)24(15-17-10-6-4-7-11-17)22-23-18-12-8-9-13-19(18)28-22/h2-7,10-11,14H,8-9,12-13,15-16H2,1H3/b3-2+,14-5+. The van der Waals surface area contributed by atoms with Crippen molar-refractivity contribution >= 4 is 28.3 Å². The third kappa shape index (κ3) is 5.39. The summed E-state index contributed by atoms with van der Waals surface area (Å²) in [6, 6.07) is 9.77. The van der Waals surface area contributed by atoms with Crippen molar-refractivity contribution < 1.29 is 14.3 Å². The van der Waals surface area contributed by atoms with Gasteiger partial charge in [-0.3, -0.25) is 9.69 Å². The summed E-state index contributed by atoms with van der Waals surface area (Å²) < 4.78 is 5.12. The summed E-state index contributed by atoms with van der Waals surface area (Å²) in [6.07, 6.45) is 10.7. The molecule has 0 saturated carbocycles. The Hall–Kier alpha value is -2.73. The molecule has 6 heteroatoms. The average molecular weight is 397 g/mol. The maximum Gasteiger partial charge on any atom is 0.331 e. The van der Waals surface area contributed by atoms with Crippen molar-refractivity contribution in [2.45, 2.75) is 39.2 Å². The van der Waals surface area contributed by atoms with E-state index in [0.717, 1.165) is 36.9 Å². The number of rotatable bonds is 7. The van der Waals surface area contributed by atoms with Gasteiger partial charge < -0.3 is 4.74 Å². The largest absolute Gasteiger partial charge is 0.452 e. The zero-order valence-corrected chi connectivity index (χ0v) is 16.8. The van der Waals surface area contributed by atoms with Crippen LogP contribution in [0.15, 0.2) is 54.6 Å². The lowest BCUT2D eigenvalue weighted by molar-refractivity contribution is -0.143. The highest BCUT2D eigenvalue weighted by Crippen LogP contribution is 2.32. The summed E-state index contributed by atoms with van der Waals surface area (Å²) >= 11 is 1.57. The van der Waals surface area contributed by atoms with Crippen molar-refractivity contribution in [1.29, 1.82) is 0 Å². The molecule has 0 unspecified atom stereocenters. The van der Waals surface area contributed by atoms with E-state index >= 15 is 0 Å². The smallest absolute Gasteiger partial charge is 0.331 e. The zero-order chi connectivity index (χ0) is 19.8. The van der Waals surface area contributed by atoms with Gasteiger partial charge in [0.05, 0.1) is 12.2 Å². The fourth-order valence-corrected chi connectivity index (χ4v) is 4.15. The van der Waals surface area contributed by atoms with E-state index in [-0.39, 0.29) is 12.5 Å². The number of allylic oxidation sites excluding steroid dienone is 3. The SMILES string of the molecule is C/C=C/C=C/C(=O)OCC(=O)N(Cc1ccccc1)c1nc2c(s1)CCCC2. The van der Waals surface area contributed by atoms with E-state index in [1.54, 1.807) is 34.5 Å². The van der Waals surface area contributed by atoms with Gasteiger partial charge in [0.2, 0.25) is 0 Å². The van der Waals surface area contributed by atoms with Gasteiger partial charge in [-0.05, 0) is 38.2 Å². The number of hydrogen-bond donors (Lipinski definition) is 0. The molecular formula is C22H24N2O3S. The number of nitrogens with zero attached hydrogens (tertiary/aromatic N) is 2. The van der Waals surface area contributed by atoms with Crippen LogP contribution in [0.4, 0.5) is 5.13 Å². The molecule has 5 nitrogen and oxygen atoms in total. The van der Waals surface area contributed by atoms with Crippen molar-refractivity contribution in [3.63, 3.8) is 0 Å². The molecule has 0 N–H and O–H groups in total. The number of esters is 1. The molecule has 0 aliphatic heterocycles. The van der Waals surface area contributed by atoms with Crippen LogP contribution < -0.4 is 4.90 Å². The number of ether oxygens (including phenoxy) is 1. The Balaban J connectivity index is 1.74. The Bertz CT molecular complexity index is 848. The average Bonchev–Trinajstić information content (AvgIpc) is 3.15. The van der Waals surface area contributed by atoms with Gasteiger partial charge in [0.15, 0.2) is 11.7 Å². The third-order valence-electron chi connectivity index (χ3n) is 4.42. The Kier molecular flexibility index (Phi) is 7.14. The Morgan fingerprint density at radius 3 is 2.71 bits per heavy atom. The number of anilines is 1. The molecule has 3 rings (SSSR count). The summed E-state index contributed by atoms with van der Waals surface area (Å²) in [5.41, 5.74) is 2.10. The second-order valence-electron chi connectivity index (χ2n) is 6.53. The van der Waals surface area contributed by atoms with Crippen LogP contribution in [0.3, 0.4) is 0 Å². The van der Waals surface area contributed by atoms with Gasteiger partial charge in [0.1, 0.15) is 0 Å². The molecule has 0 bridgehead atoms. The van der Waals surface area contributed by atoms with Gasteiger partial charge >= 0.3 is 5.97 Å². The number of benzene rings is 1. The number of carbonyl (C=O) groups excluding carboxylic acids is 2. The van der Waals surface area contributed by atoms with Crippen molar-refractivity contribution in [2.75, 3.05) is 11.5 Å². The molecule has 146 valence electrons. The summed E-state index contributed by atoms with van der Waals surface area (Å²) in [7, 11) is 0. The van der Waals surface area contributed by atoms with Crippen LogP contribution in [-0.2, 0) is 33.7 Å². The molecule has 1 amide bonds. The van der Waals surface area contributed by atoms with Crippen molar-refractivity contribution in [2.24, 2.45) is 0 Å². The first-order valence-electron chi connectivity index (χ1n) is 9.46. The Labute approximate surface area is 169 Å². The van der Waals surface area contributed by atoms with E-state index in [1.165, 1.54) is 11.0 Å². The number of aryl methyl sites for hydroxylation is 2. The second-order valence-corrected chi connectivity index (χ2v) is 7.59. The van der Waals surface area contributed by atoms with E-state index in [4.69, 9.17) is 9.72 Å². The molecule has 28 heavy (non-hydrogen) atoms. The van der Waals surface area contributed by atoms with Gasteiger partial charge in [-0.1, -0.05) is 48.6 Å². The number of hydrogen-bond acceptors (Lipinski definition) is 5. The number of fused-ring (bicyclic) bond motifs is 1.